The van der Waals surface area contributed by atoms with E-state index < -0.39 is 6.04 Å². The monoisotopic (exact) mass is 267 g/mol. The molecule has 1 heterocycles. The van der Waals surface area contributed by atoms with Crippen molar-refractivity contribution in [2.45, 2.75) is 57.2 Å². The first-order valence-electron chi connectivity index (χ1n) is 7.26. The van der Waals surface area contributed by atoms with E-state index in [1.165, 1.54) is 30.6 Å². The fraction of sp³-hybridized carbons (Fsp3) is 0.857. The molecule has 2 rings (SSSR count). The second kappa shape index (κ2) is 5.90. The minimum Gasteiger partial charge on any atom is -0.347 e. The SMILES string of the molecule is CC(NC(=O)C1CC2CCCCC2N1)C(=O)N(C)C. The number of likely N-dealkylation sites (N-methyl/N-ethyl adjacent to an activating group) is 1. The number of amides is 2. The number of hydrogen-bond donors (Lipinski definition) is 2. The van der Waals surface area contributed by atoms with Gasteiger partial charge < -0.3 is 15.5 Å². The van der Waals surface area contributed by atoms with Gasteiger partial charge >= 0.3 is 0 Å². The predicted molar refractivity (Wildman–Crippen MR) is 73.6 cm³/mol. The summed E-state index contributed by atoms with van der Waals surface area (Å²) in [7, 11) is 3.40. The first kappa shape index (κ1) is 14.3. The molecule has 0 spiro atoms. The molecule has 0 aromatic rings. The van der Waals surface area contributed by atoms with Crippen LogP contribution in [0.15, 0.2) is 0 Å². The molecule has 2 amide bonds. The minimum absolute atomic E-state index is 0.0305. The van der Waals surface area contributed by atoms with Gasteiger partial charge in [-0.1, -0.05) is 12.8 Å². The highest BCUT2D eigenvalue weighted by Gasteiger charge is 2.38. The van der Waals surface area contributed by atoms with Gasteiger partial charge in [-0.25, -0.2) is 0 Å². The van der Waals surface area contributed by atoms with Gasteiger partial charge in [-0.3, -0.25) is 9.59 Å². The van der Waals surface area contributed by atoms with Crippen LogP contribution in [0.25, 0.3) is 0 Å². The number of nitrogens with zero attached hydrogens (tertiary/aromatic N) is 1. The highest BCUT2D eigenvalue weighted by molar-refractivity contribution is 5.89. The van der Waals surface area contributed by atoms with Crippen molar-refractivity contribution in [2.24, 2.45) is 5.92 Å². The molecule has 4 unspecified atom stereocenters. The van der Waals surface area contributed by atoms with Gasteiger partial charge in [-0.15, -0.1) is 0 Å². The van der Waals surface area contributed by atoms with Crippen molar-refractivity contribution in [3.05, 3.63) is 0 Å². The third-order valence-corrected chi connectivity index (χ3v) is 4.35. The Kier molecular flexibility index (Phi) is 4.45. The van der Waals surface area contributed by atoms with Gasteiger partial charge in [0, 0.05) is 20.1 Å². The maximum atomic E-state index is 12.2. The zero-order chi connectivity index (χ0) is 14.0. The van der Waals surface area contributed by atoms with Gasteiger partial charge in [0.25, 0.3) is 0 Å². The van der Waals surface area contributed by atoms with Crippen molar-refractivity contribution in [2.75, 3.05) is 14.1 Å². The Bertz CT molecular complexity index is 343. The van der Waals surface area contributed by atoms with Crippen LogP contribution in [-0.2, 0) is 9.59 Å². The molecule has 19 heavy (non-hydrogen) atoms. The lowest BCUT2D eigenvalue weighted by Gasteiger charge is -2.24. The number of carbonyl (C=O) groups excluding carboxylic acids is 2. The lowest BCUT2D eigenvalue weighted by atomic mass is 9.85. The van der Waals surface area contributed by atoms with Crippen LogP contribution in [0.5, 0.6) is 0 Å². The molecule has 0 radical (unpaired) electrons. The summed E-state index contributed by atoms with van der Waals surface area (Å²) >= 11 is 0. The summed E-state index contributed by atoms with van der Waals surface area (Å²) in [4.78, 5) is 25.4. The highest BCUT2D eigenvalue weighted by Crippen LogP contribution is 2.33. The Morgan fingerprint density at radius 2 is 1.95 bits per heavy atom. The van der Waals surface area contributed by atoms with Gasteiger partial charge in [0.2, 0.25) is 11.8 Å². The normalized spacial score (nSPS) is 31.4. The summed E-state index contributed by atoms with van der Waals surface area (Å²) < 4.78 is 0. The van der Waals surface area contributed by atoms with Crippen molar-refractivity contribution in [1.82, 2.24) is 15.5 Å². The van der Waals surface area contributed by atoms with Crippen LogP contribution < -0.4 is 10.6 Å². The van der Waals surface area contributed by atoms with Crippen LogP contribution in [0.4, 0.5) is 0 Å². The second-order valence-corrected chi connectivity index (χ2v) is 6.07. The summed E-state index contributed by atoms with van der Waals surface area (Å²) in [5.74, 6) is 0.546. The van der Waals surface area contributed by atoms with E-state index >= 15 is 0 Å². The molecule has 2 fully saturated rings. The summed E-state index contributed by atoms with van der Waals surface area (Å²) in [6, 6.07) is -0.0678. The van der Waals surface area contributed by atoms with E-state index in [0.29, 0.717) is 12.0 Å². The largest absolute Gasteiger partial charge is 0.347 e. The van der Waals surface area contributed by atoms with Crippen molar-refractivity contribution in [3.8, 4) is 0 Å². The van der Waals surface area contributed by atoms with E-state index in [-0.39, 0.29) is 17.9 Å². The van der Waals surface area contributed by atoms with Crippen molar-refractivity contribution in [3.63, 3.8) is 0 Å². The molecule has 0 aromatic heterocycles. The molecule has 1 saturated heterocycles. The first-order chi connectivity index (χ1) is 8.99. The van der Waals surface area contributed by atoms with Crippen LogP contribution >= 0.6 is 0 Å². The summed E-state index contributed by atoms with van der Waals surface area (Å²) in [5.41, 5.74) is 0. The van der Waals surface area contributed by atoms with Gasteiger partial charge in [0.05, 0.1) is 6.04 Å². The summed E-state index contributed by atoms with van der Waals surface area (Å²) in [6.07, 6.45) is 5.87. The summed E-state index contributed by atoms with van der Waals surface area (Å²) in [6.45, 7) is 1.74. The Balaban J connectivity index is 1.85. The van der Waals surface area contributed by atoms with E-state index in [1.807, 2.05) is 0 Å². The fourth-order valence-electron chi connectivity index (χ4n) is 3.28. The van der Waals surface area contributed by atoms with Crippen LogP contribution in [0.3, 0.4) is 0 Å². The fourth-order valence-corrected chi connectivity index (χ4v) is 3.28. The molecule has 1 saturated carbocycles. The Labute approximate surface area is 115 Å². The molecule has 5 heteroatoms. The Hall–Kier alpha value is -1.10. The first-order valence-corrected chi connectivity index (χ1v) is 7.26. The predicted octanol–water partition coefficient (Wildman–Crippen LogP) is 0.500. The summed E-state index contributed by atoms with van der Waals surface area (Å²) in [5, 5.41) is 6.25. The zero-order valence-electron chi connectivity index (χ0n) is 12.1. The molecule has 2 aliphatic rings. The molecule has 4 atom stereocenters. The average molecular weight is 267 g/mol. The van der Waals surface area contributed by atoms with E-state index in [9.17, 15) is 9.59 Å². The molecule has 0 aromatic carbocycles. The second-order valence-electron chi connectivity index (χ2n) is 6.07. The van der Waals surface area contributed by atoms with E-state index in [0.717, 1.165) is 6.42 Å². The van der Waals surface area contributed by atoms with Crippen LogP contribution in [0.1, 0.15) is 39.0 Å². The maximum Gasteiger partial charge on any atom is 0.244 e. The maximum absolute atomic E-state index is 12.2. The van der Waals surface area contributed by atoms with Crippen molar-refractivity contribution < 1.29 is 9.59 Å². The highest BCUT2D eigenvalue weighted by atomic mass is 16.2. The third-order valence-electron chi connectivity index (χ3n) is 4.35. The number of nitrogens with one attached hydrogen (secondary N) is 2. The molecule has 1 aliphatic carbocycles. The van der Waals surface area contributed by atoms with Crippen LogP contribution in [-0.4, -0.2) is 48.9 Å². The number of carbonyl (C=O) groups is 2. The topological polar surface area (TPSA) is 61.4 Å². The Morgan fingerprint density at radius 3 is 2.58 bits per heavy atom. The molecule has 2 N–H and O–H groups in total. The molecule has 1 aliphatic heterocycles. The quantitative estimate of drug-likeness (QED) is 0.783. The van der Waals surface area contributed by atoms with Crippen LogP contribution in [0, 0.1) is 5.92 Å². The van der Waals surface area contributed by atoms with Crippen molar-refractivity contribution >= 4 is 11.8 Å². The van der Waals surface area contributed by atoms with Crippen molar-refractivity contribution in [1.29, 1.82) is 0 Å². The Morgan fingerprint density at radius 1 is 1.26 bits per heavy atom. The number of rotatable bonds is 3. The van der Waals surface area contributed by atoms with E-state index in [4.69, 9.17) is 0 Å². The lowest BCUT2D eigenvalue weighted by Crippen LogP contribution is -2.50. The molecule has 108 valence electrons. The minimum atomic E-state index is -0.452. The molecule has 5 nitrogen and oxygen atoms in total. The zero-order valence-corrected chi connectivity index (χ0v) is 12.1. The van der Waals surface area contributed by atoms with Gasteiger partial charge in [-0.2, -0.15) is 0 Å². The van der Waals surface area contributed by atoms with Gasteiger partial charge in [0.1, 0.15) is 6.04 Å². The van der Waals surface area contributed by atoms with Gasteiger partial charge in [0.15, 0.2) is 0 Å². The van der Waals surface area contributed by atoms with E-state index in [2.05, 4.69) is 10.6 Å². The number of fused-ring (bicyclic) bond motifs is 1. The lowest BCUT2D eigenvalue weighted by molar-refractivity contribution is -0.134. The van der Waals surface area contributed by atoms with Gasteiger partial charge in [-0.05, 0) is 32.1 Å². The smallest absolute Gasteiger partial charge is 0.244 e. The molecule has 0 bridgehead atoms. The average Bonchev–Trinajstić information content (AvgIpc) is 2.81. The van der Waals surface area contributed by atoms with E-state index in [1.54, 1.807) is 21.0 Å². The molecular formula is C14H25N3O2. The van der Waals surface area contributed by atoms with Crippen LogP contribution in [0.2, 0.25) is 0 Å². The molecular weight excluding hydrogens is 242 g/mol. The third kappa shape index (κ3) is 3.26. The standard InChI is InChI=1S/C14H25N3O2/c1-9(14(19)17(2)3)15-13(18)12-8-10-6-4-5-7-11(10)16-12/h9-12,16H,4-8H2,1-3H3,(H,15,18). The number of hydrogen-bond acceptors (Lipinski definition) is 3.